The quantitative estimate of drug-likeness (QED) is 0.257. The van der Waals surface area contributed by atoms with Gasteiger partial charge in [0.1, 0.15) is 23.7 Å². The zero-order valence-corrected chi connectivity index (χ0v) is 29.5. The van der Waals surface area contributed by atoms with Crippen LogP contribution in [0, 0.1) is 22.7 Å². The number of amides is 5. The fourth-order valence-corrected chi connectivity index (χ4v) is 6.93. The van der Waals surface area contributed by atoms with Gasteiger partial charge in [0, 0.05) is 19.6 Å². The summed E-state index contributed by atoms with van der Waals surface area (Å²) >= 11 is 0. The van der Waals surface area contributed by atoms with E-state index in [9.17, 15) is 28.8 Å². The van der Waals surface area contributed by atoms with Crippen molar-refractivity contribution in [3.8, 4) is 0 Å². The molecule has 1 aromatic rings. The van der Waals surface area contributed by atoms with E-state index in [-0.39, 0.29) is 36.1 Å². The first kappa shape index (κ1) is 36.6. The van der Waals surface area contributed by atoms with Crippen LogP contribution >= 0.6 is 0 Å². The van der Waals surface area contributed by atoms with Crippen LogP contribution in [0.1, 0.15) is 72.9 Å². The van der Waals surface area contributed by atoms with Crippen LogP contribution in [-0.2, 0) is 41.7 Å². The minimum Gasteiger partial charge on any atom is -0.444 e. The van der Waals surface area contributed by atoms with Crippen molar-refractivity contribution in [1.82, 2.24) is 25.8 Å². The molecular weight excluding hydrogens is 614 g/mol. The number of nitrogens with one attached hydrogen (secondary N) is 3. The predicted octanol–water partition coefficient (Wildman–Crippen LogP) is 2.74. The second-order valence-corrected chi connectivity index (χ2v) is 15.8. The normalized spacial score (nSPS) is 22.3. The Hall–Kier alpha value is -4.22. The van der Waals surface area contributed by atoms with Crippen LogP contribution < -0.4 is 16.0 Å². The Labute approximate surface area is 283 Å². The Morgan fingerprint density at radius 2 is 1.67 bits per heavy atom. The van der Waals surface area contributed by atoms with Crippen molar-refractivity contribution in [2.45, 2.75) is 98.5 Å². The molecule has 4 rings (SSSR count). The molecule has 2 heterocycles. The first-order valence-corrected chi connectivity index (χ1v) is 16.6. The number of carbonyl (C=O) groups is 6. The maximum atomic E-state index is 14.1. The molecule has 3 aliphatic rings. The van der Waals surface area contributed by atoms with Crippen LogP contribution in [0.25, 0.3) is 0 Å². The fourth-order valence-electron chi connectivity index (χ4n) is 6.93. The lowest BCUT2D eigenvalue weighted by molar-refractivity contribution is -0.145. The summed E-state index contributed by atoms with van der Waals surface area (Å²) in [7, 11) is 0. The van der Waals surface area contributed by atoms with Gasteiger partial charge >= 0.3 is 6.09 Å². The van der Waals surface area contributed by atoms with Gasteiger partial charge < -0.3 is 30.5 Å². The number of hydrogen-bond acceptors (Lipinski definition) is 7. The largest absolute Gasteiger partial charge is 0.444 e. The average molecular weight is 666 g/mol. The molecule has 5 amide bonds. The van der Waals surface area contributed by atoms with Gasteiger partial charge in [0.05, 0.1) is 6.54 Å². The maximum Gasteiger partial charge on any atom is 0.408 e. The van der Waals surface area contributed by atoms with E-state index >= 15 is 0 Å². The Morgan fingerprint density at radius 1 is 1.02 bits per heavy atom. The van der Waals surface area contributed by atoms with Crippen molar-refractivity contribution >= 4 is 35.5 Å². The molecule has 2 aliphatic heterocycles. The number of piperidine rings is 1. The average Bonchev–Trinajstić information content (AvgIpc) is 3.31. The number of nitrogens with zero attached hydrogens (tertiary/aromatic N) is 2. The summed E-state index contributed by atoms with van der Waals surface area (Å²) in [6.07, 6.45) is 1.36. The van der Waals surface area contributed by atoms with Gasteiger partial charge in [-0.15, -0.1) is 6.58 Å². The highest BCUT2D eigenvalue weighted by molar-refractivity contribution is 6.38. The van der Waals surface area contributed by atoms with Gasteiger partial charge in [-0.25, -0.2) is 4.79 Å². The van der Waals surface area contributed by atoms with Crippen molar-refractivity contribution < 1.29 is 33.5 Å². The molecule has 1 aromatic carbocycles. The van der Waals surface area contributed by atoms with E-state index < -0.39 is 58.7 Å². The summed E-state index contributed by atoms with van der Waals surface area (Å²) in [6.45, 7) is 19.2. The molecule has 12 nitrogen and oxygen atoms in total. The second-order valence-electron chi connectivity index (χ2n) is 15.8. The van der Waals surface area contributed by atoms with Crippen molar-refractivity contribution in [2.24, 2.45) is 22.7 Å². The zero-order chi connectivity index (χ0) is 35.8. The number of benzene rings is 1. The molecule has 1 saturated carbocycles. The summed E-state index contributed by atoms with van der Waals surface area (Å²) in [5, 5.41) is 7.85. The number of alkyl carbamates (subject to hydrolysis) is 1. The predicted molar refractivity (Wildman–Crippen MR) is 179 cm³/mol. The van der Waals surface area contributed by atoms with Crippen LogP contribution in [0.15, 0.2) is 36.9 Å². The standard InChI is InChI=1S/C36H51N5O7/c1-10-13-24(28(43)31(45)37-18-25(42)40-17-16-21-14-11-12-15-22(21)19-40)38-30(44)27-26-23(36(26,8)9)20-41(27)32(46)29(34(2,3)4)39-33(47)48-35(5,6)7/h10-12,14-15,23-24,26-27,29H,1,13,16-20H2,2-9H3,(H,37,45)(H,38,44)(H,39,47). The molecule has 12 heteroatoms. The summed E-state index contributed by atoms with van der Waals surface area (Å²) < 4.78 is 5.42. The summed E-state index contributed by atoms with van der Waals surface area (Å²) in [4.78, 5) is 83.0. The number of fused-ring (bicyclic) bond motifs is 2. The smallest absolute Gasteiger partial charge is 0.408 e. The van der Waals surface area contributed by atoms with E-state index in [4.69, 9.17) is 4.74 Å². The fraction of sp³-hybridized carbons (Fsp3) is 0.611. The third kappa shape index (κ3) is 8.07. The monoisotopic (exact) mass is 665 g/mol. The number of rotatable bonds is 10. The number of carbonyl (C=O) groups excluding carboxylic acids is 6. The van der Waals surface area contributed by atoms with Crippen LogP contribution in [-0.4, -0.2) is 88.7 Å². The van der Waals surface area contributed by atoms with Gasteiger partial charge in [0.2, 0.25) is 23.5 Å². The lowest BCUT2D eigenvalue weighted by Gasteiger charge is -2.38. The molecule has 262 valence electrons. The molecule has 5 unspecified atom stereocenters. The number of ketones is 1. The highest BCUT2D eigenvalue weighted by atomic mass is 16.6. The maximum absolute atomic E-state index is 14.1. The highest BCUT2D eigenvalue weighted by Gasteiger charge is 2.70. The van der Waals surface area contributed by atoms with Crippen molar-refractivity contribution in [3.05, 3.63) is 48.0 Å². The second kappa shape index (κ2) is 13.7. The van der Waals surface area contributed by atoms with Crippen molar-refractivity contribution in [3.63, 3.8) is 0 Å². The van der Waals surface area contributed by atoms with E-state index in [1.165, 1.54) is 16.5 Å². The zero-order valence-electron chi connectivity index (χ0n) is 29.5. The molecule has 3 N–H and O–H groups in total. The molecule has 48 heavy (non-hydrogen) atoms. The van der Waals surface area contributed by atoms with Gasteiger partial charge in [-0.05, 0) is 67.4 Å². The van der Waals surface area contributed by atoms with Gasteiger partial charge in [0.15, 0.2) is 0 Å². The molecule has 0 radical (unpaired) electrons. The van der Waals surface area contributed by atoms with Gasteiger partial charge in [0.25, 0.3) is 5.91 Å². The lowest BCUT2D eigenvalue weighted by Crippen LogP contribution is -2.60. The van der Waals surface area contributed by atoms with Gasteiger partial charge in [-0.1, -0.05) is 65.0 Å². The van der Waals surface area contributed by atoms with E-state index in [0.29, 0.717) is 26.1 Å². The molecule has 2 fully saturated rings. The van der Waals surface area contributed by atoms with Crippen LogP contribution in [0.3, 0.4) is 0 Å². The third-order valence-electron chi connectivity index (χ3n) is 9.68. The molecule has 1 saturated heterocycles. The van der Waals surface area contributed by atoms with Crippen LogP contribution in [0.4, 0.5) is 4.79 Å². The van der Waals surface area contributed by atoms with E-state index in [2.05, 4.69) is 22.5 Å². The number of Topliss-reactive ketones (excluding diaryl/α,β-unsaturated/α-hetero) is 1. The third-order valence-corrected chi connectivity index (χ3v) is 9.68. The molecule has 0 aromatic heterocycles. The summed E-state index contributed by atoms with van der Waals surface area (Å²) in [5.74, 6) is -3.35. The molecule has 0 spiro atoms. The van der Waals surface area contributed by atoms with E-state index in [1.807, 2.05) is 58.9 Å². The molecule has 5 atom stereocenters. The number of ether oxygens (including phenoxy) is 1. The minimum atomic E-state index is -1.25. The van der Waals surface area contributed by atoms with Gasteiger partial charge in [-0.2, -0.15) is 0 Å². The molecular formula is C36H51N5O7. The minimum absolute atomic E-state index is 0.0299. The SMILES string of the molecule is C=CCC(NC(=O)C1C2C(CN1C(=O)C(NC(=O)OC(C)(C)C)C(C)(C)C)C2(C)C)C(=O)C(=O)NCC(=O)N1CCc2ccccc2C1. The van der Waals surface area contributed by atoms with Crippen molar-refractivity contribution in [1.29, 1.82) is 0 Å². The lowest BCUT2D eigenvalue weighted by atomic mass is 9.85. The first-order valence-electron chi connectivity index (χ1n) is 16.6. The van der Waals surface area contributed by atoms with E-state index in [0.717, 1.165) is 5.56 Å². The Kier molecular flexibility index (Phi) is 10.5. The highest BCUT2D eigenvalue weighted by Crippen LogP contribution is 2.65. The molecule has 1 aliphatic carbocycles. The van der Waals surface area contributed by atoms with Gasteiger partial charge in [-0.3, -0.25) is 24.0 Å². The number of hydrogen-bond donors (Lipinski definition) is 3. The topological polar surface area (TPSA) is 154 Å². The van der Waals surface area contributed by atoms with Crippen molar-refractivity contribution in [2.75, 3.05) is 19.6 Å². The Morgan fingerprint density at radius 3 is 2.27 bits per heavy atom. The van der Waals surface area contributed by atoms with E-state index in [1.54, 1.807) is 25.7 Å². The summed E-state index contributed by atoms with van der Waals surface area (Å²) in [5.41, 5.74) is 0.512. The Bertz CT molecular complexity index is 1470. The Balaban J connectivity index is 1.43. The van der Waals surface area contributed by atoms with Crippen LogP contribution in [0.5, 0.6) is 0 Å². The van der Waals surface area contributed by atoms with Crippen LogP contribution in [0.2, 0.25) is 0 Å². The molecule has 0 bridgehead atoms. The first-order chi connectivity index (χ1) is 22.3. The number of likely N-dealkylation sites (tertiary alicyclic amines) is 1. The summed E-state index contributed by atoms with van der Waals surface area (Å²) in [6, 6.07) is 4.70.